The third kappa shape index (κ3) is 7.01. The molecule has 1 atom stereocenters. The van der Waals surface area contributed by atoms with Gasteiger partial charge in [-0.1, -0.05) is 29.8 Å². The summed E-state index contributed by atoms with van der Waals surface area (Å²) in [6, 6.07) is 10.2. The van der Waals surface area contributed by atoms with E-state index in [1.807, 2.05) is 0 Å². The van der Waals surface area contributed by atoms with Crippen LogP contribution in [-0.4, -0.2) is 70.9 Å². The molecule has 2 aliphatic heterocycles. The molecule has 0 saturated carbocycles. The first-order valence-electron chi connectivity index (χ1n) is 11.9. The van der Waals surface area contributed by atoms with Crippen molar-refractivity contribution in [3.63, 3.8) is 0 Å². The van der Waals surface area contributed by atoms with E-state index < -0.39 is 12.1 Å². The zero-order chi connectivity index (χ0) is 27.2. The van der Waals surface area contributed by atoms with E-state index in [4.69, 9.17) is 19.4 Å². The molecule has 37 heavy (non-hydrogen) atoms. The largest absolute Gasteiger partial charge is 0.490 e. The summed E-state index contributed by atoms with van der Waals surface area (Å²) in [6.45, 7) is 4.42. The molecule has 1 aromatic carbocycles. The van der Waals surface area contributed by atoms with Crippen LogP contribution in [0.15, 0.2) is 30.3 Å². The SMILES string of the molecule is COc1cc(OC)nc(N2CCCC3(CCC(=O)N3Cc3ccc(C)cc3)CC2)n1.O=C(O)C(F)(F)F. The fourth-order valence-corrected chi connectivity index (χ4v) is 4.65. The Balaban J connectivity index is 0.000000479. The van der Waals surface area contributed by atoms with E-state index in [1.54, 1.807) is 20.3 Å². The number of hydrogen-bond acceptors (Lipinski definition) is 7. The highest BCUT2D eigenvalue weighted by Crippen LogP contribution is 2.40. The fourth-order valence-electron chi connectivity index (χ4n) is 4.65. The second-order valence-corrected chi connectivity index (χ2v) is 9.09. The number of carbonyl (C=O) groups is 2. The topological polar surface area (TPSA) is 105 Å². The van der Waals surface area contributed by atoms with Crippen molar-refractivity contribution in [2.75, 3.05) is 32.2 Å². The fraction of sp³-hybridized carbons (Fsp3) is 0.520. The lowest BCUT2D eigenvalue weighted by atomic mass is 9.87. The number of carbonyl (C=O) groups excluding carboxylic acids is 1. The van der Waals surface area contributed by atoms with E-state index in [1.165, 1.54) is 11.1 Å². The highest BCUT2D eigenvalue weighted by Gasteiger charge is 2.45. The van der Waals surface area contributed by atoms with Crippen LogP contribution in [0.3, 0.4) is 0 Å². The number of ether oxygens (including phenoxy) is 2. The van der Waals surface area contributed by atoms with Crippen LogP contribution in [0.4, 0.5) is 19.1 Å². The Morgan fingerprint density at radius 3 is 2.19 bits per heavy atom. The third-order valence-corrected chi connectivity index (χ3v) is 6.67. The summed E-state index contributed by atoms with van der Waals surface area (Å²) in [6.07, 6.45) is -0.626. The van der Waals surface area contributed by atoms with E-state index in [9.17, 15) is 18.0 Å². The van der Waals surface area contributed by atoms with E-state index in [0.717, 1.165) is 38.8 Å². The molecule has 2 fully saturated rings. The molecule has 0 bridgehead atoms. The molecule has 2 aromatic rings. The number of carboxylic acid groups (broad SMARTS) is 1. The van der Waals surface area contributed by atoms with Gasteiger partial charge in [-0.05, 0) is 38.2 Å². The number of aromatic nitrogens is 2. The van der Waals surface area contributed by atoms with Gasteiger partial charge in [0.05, 0.1) is 20.3 Å². The molecule has 0 radical (unpaired) electrons. The molecular formula is C25H31F3N4O5. The van der Waals surface area contributed by atoms with Crippen LogP contribution >= 0.6 is 0 Å². The highest BCUT2D eigenvalue weighted by atomic mass is 19.4. The highest BCUT2D eigenvalue weighted by molar-refractivity contribution is 5.79. The van der Waals surface area contributed by atoms with E-state index in [-0.39, 0.29) is 11.4 Å². The molecule has 2 saturated heterocycles. The van der Waals surface area contributed by atoms with Gasteiger partial charge < -0.3 is 24.4 Å². The lowest BCUT2D eigenvalue weighted by molar-refractivity contribution is -0.192. The van der Waals surface area contributed by atoms with Gasteiger partial charge >= 0.3 is 12.1 Å². The van der Waals surface area contributed by atoms with Gasteiger partial charge in [0.1, 0.15) is 0 Å². The molecule has 4 rings (SSSR count). The first-order valence-corrected chi connectivity index (χ1v) is 11.9. The number of benzene rings is 1. The zero-order valence-corrected chi connectivity index (χ0v) is 21.0. The number of aliphatic carboxylic acids is 1. The minimum absolute atomic E-state index is 0.0837. The van der Waals surface area contributed by atoms with Crippen molar-refractivity contribution in [1.82, 2.24) is 14.9 Å². The average Bonchev–Trinajstić information content (AvgIpc) is 3.03. The number of nitrogens with zero attached hydrogens (tertiary/aromatic N) is 4. The van der Waals surface area contributed by atoms with Crippen molar-refractivity contribution >= 4 is 17.8 Å². The minimum Gasteiger partial charge on any atom is -0.481 e. The number of likely N-dealkylation sites (tertiary alicyclic amines) is 1. The molecule has 1 spiro atoms. The number of carboxylic acids is 1. The maximum absolute atomic E-state index is 12.8. The summed E-state index contributed by atoms with van der Waals surface area (Å²) in [7, 11) is 3.19. The molecule has 202 valence electrons. The van der Waals surface area contributed by atoms with Crippen molar-refractivity contribution in [3.05, 3.63) is 41.5 Å². The predicted molar refractivity (Wildman–Crippen MR) is 129 cm³/mol. The zero-order valence-electron chi connectivity index (χ0n) is 21.0. The van der Waals surface area contributed by atoms with Crippen LogP contribution in [0, 0.1) is 6.92 Å². The number of methoxy groups -OCH3 is 2. The van der Waals surface area contributed by atoms with Crippen LogP contribution in [0.25, 0.3) is 0 Å². The van der Waals surface area contributed by atoms with Crippen LogP contribution in [0.2, 0.25) is 0 Å². The number of halogens is 3. The van der Waals surface area contributed by atoms with Crippen LogP contribution < -0.4 is 14.4 Å². The molecular weight excluding hydrogens is 493 g/mol. The monoisotopic (exact) mass is 524 g/mol. The maximum atomic E-state index is 12.8. The predicted octanol–water partition coefficient (Wildman–Crippen LogP) is 3.99. The normalized spacial score (nSPS) is 19.8. The lowest BCUT2D eigenvalue weighted by Gasteiger charge is -2.38. The molecule has 1 aromatic heterocycles. The number of hydrogen-bond donors (Lipinski definition) is 1. The van der Waals surface area contributed by atoms with Crippen molar-refractivity contribution in [1.29, 1.82) is 0 Å². The summed E-state index contributed by atoms with van der Waals surface area (Å²) in [5.41, 5.74) is 2.34. The summed E-state index contributed by atoms with van der Waals surface area (Å²) in [5.74, 6) is -0.880. The van der Waals surface area contributed by atoms with E-state index in [0.29, 0.717) is 30.7 Å². The Bertz CT molecular complexity index is 1070. The number of rotatable bonds is 5. The van der Waals surface area contributed by atoms with Gasteiger partial charge in [0, 0.05) is 31.6 Å². The molecule has 9 nitrogen and oxygen atoms in total. The van der Waals surface area contributed by atoms with Crippen LogP contribution in [-0.2, 0) is 16.1 Å². The molecule has 12 heteroatoms. The smallest absolute Gasteiger partial charge is 0.481 e. The van der Waals surface area contributed by atoms with Gasteiger partial charge in [-0.15, -0.1) is 0 Å². The number of anilines is 1. The first-order chi connectivity index (χ1) is 17.5. The van der Waals surface area contributed by atoms with E-state index >= 15 is 0 Å². The first kappa shape index (κ1) is 28.0. The van der Waals surface area contributed by atoms with Gasteiger partial charge in [-0.25, -0.2) is 4.79 Å². The minimum atomic E-state index is -5.08. The van der Waals surface area contributed by atoms with Gasteiger partial charge in [-0.3, -0.25) is 4.79 Å². The Hall–Kier alpha value is -3.57. The Kier molecular flexibility index (Phi) is 8.82. The van der Waals surface area contributed by atoms with Crippen molar-refractivity contribution in [2.45, 2.75) is 57.3 Å². The van der Waals surface area contributed by atoms with Gasteiger partial charge in [0.15, 0.2) is 0 Å². The Labute approximate surface area is 213 Å². The van der Waals surface area contributed by atoms with Crippen LogP contribution in [0.5, 0.6) is 11.8 Å². The standard InChI is InChI=1S/C23H30N4O3.C2HF3O2/c1-17-5-7-18(8-6-17)16-27-21(28)9-11-23(27)10-4-13-26(14-12-23)22-24-19(29-2)15-20(25-22)30-3;3-2(4,5)1(6)7/h5-8,15H,4,9-14,16H2,1-3H3;(H,6,7). The van der Waals surface area contributed by atoms with Gasteiger partial charge in [0.2, 0.25) is 23.6 Å². The van der Waals surface area contributed by atoms with E-state index in [2.05, 4.69) is 51.0 Å². The maximum Gasteiger partial charge on any atom is 0.490 e. The third-order valence-electron chi connectivity index (χ3n) is 6.67. The Morgan fingerprint density at radius 1 is 1.05 bits per heavy atom. The number of aryl methyl sites for hydroxylation is 1. The molecule has 2 aliphatic rings. The molecule has 0 aliphatic carbocycles. The van der Waals surface area contributed by atoms with Gasteiger partial charge in [-0.2, -0.15) is 23.1 Å². The van der Waals surface area contributed by atoms with Crippen molar-refractivity contribution < 1.29 is 37.3 Å². The number of amides is 1. The van der Waals surface area contributed by atoms with Crippen LogP contribution in [0.1, 0.15) is 43.2 Å². The lowest BCUT2D eigenvalue weighted by Crippen LogP contribution is -2.46. The Morgan fingerprint density at radius 2 is 1.65 bits per heavy atom. The second kappa shape index (κ2) is 11.7. The summed E-state index contributed by atoms with van der Waals surface area (Å²) >= 11 is 0. The summed E-state index contributed by atoms with van der Waals surface area (Å²) < 4.78 is 42.4. The quantitative estimate of drug-likeness (QED) is 0.626. The molecule has 1 amide bonds. The molecule has 3 heterocycles. The summed E-state index contributed by atoms with van der Waals surface area (Å²) in [5, 5.41) is 7.12. The average molecular weight is 525 g/mol. The summed E-state index contributed by atoms with van der Waals surface area (Å²) in [4.78, 5) is 35.1. The second-order valence-electron chi connectivity index (χ2n) is 9.09. The molecule has 1 unspecified atom stereocenters. The molecule has 1 N–H and O–H groups in total. The van der Waals surface area contributed by atoms with Crippen molar-refractivity contribution in [3.8, 4) is 11.8 Å². The van der Waals surface area contributed by atoms with Crippen molar-refractivity contribution in [2.24, 2.45) is 0 Å². The number of alkyl halides is 3. The van der Waals surface area contributed by atoms with Gasteiger partial charge in [0.25, 0.3) is 0 Å².